The summed E-state index contributed by atoms with van der Waals surface area (Å²) >= 11 is 0. The van der Waals surface area contributed by atoms with Crippen LogP contribution in [0, 0.1) is 0 Å². The van der Waals surface area contributed by atoms with Crippen LogP contribution in [0.3, 0.4) is 0 Å². The molecule has 17 heavy (non-hydrogen) atoms. The number of amides is 3. The number of aliphatic carboxylic acids is 1. The lowest BCUT2D eigenvalue weighted by molar-refractivity contribution is -0.141. The number of carboxylic acid groups (broad SMARTS) is 1. The van der Waals surface area contributed by atoms with E-state index >= 15 is 0 Å². The van der Waals surface area contributed by atoms with Crippen LogP contribution < -0.4 is 10.6 Å². The summed E-state index contributed by atoms with van der Waals surface area (Å²) in [5.74, 6) is -1.31. The molecule has 3 amide bonds. The van der Waals surface area contributed by atoms with Gasteiger partial charge in [-0.05, 0) is 19.8 Å². The number of hydrogen-bond acceptors (Lipinski definition) is 3. The molecule has 7 nitrogen and oxygen atoms in total. The van der Waals surface area contributed by atoms with Crippen LogP contribution in [-0.4, -0.2) is 53.6 Å². The Morgan fingerprint density at radius 3 is 2.76 bits per heavy atom. The summed E-state index contributed by atoms with van der Waals surface area (Å²) in [4.78, 5) is 34.8. The van der Waals surface area contributed by atoms with E-state index in [1.54, 1.807) is 0 Å². The maximum atomic E-state index is 11.7. The number of carboxylic acids is 1. The lowest BCUT2D eigenvalue weighted by Gasteiger charge is -2.27. The average Bonchev–Trinajstić information content (AvgIpc) is 2.30. The Bertz CT molecular complexity index is 332. The second kappa shape index (κ2) is 5.51. The summed E-state index contributed by atoms with van der Waals surface area (Å²) in [5, 5.41) is 13.9. The van der Waals surface area contributed by atoms with Gasteiger partial charge >= 0.3 is 12.0 Å². The summed E-state index contributed by atoms with van der Waals surface area (Å²) in [7, 11) is 1.38. The molecule has 1 saturated heterocycles. The van der Waals surface area contributed by atoms with Crippen molar-refractivity contribution in [3.63, 3.8) is 0 Å². The molecule has 1 fully saturated rings. The van der Waals surface area contributed by atoms with Gasteiger partial charge in [-0.15, -0.1) is 0 Å². The van der Waals surface area contributed by atoms with Crippen molar-refractivity contribution in [1.82, 2.24) is 15.5 Å². The van der Waals surface area contributed by atoms with Crippen LogP contribution in [0.2, 0.25) is 0 Å². The molecule has 0 aliphatic carbocycles. The molecule has 7 heteroatoms. The molecular formula is C10H17N3O4. The summed E-state index contributed by atoms with van der Waals surface area (Å²) in [5.41, 5.74) is 0. The fourth-order valence-corrected chi connectivity index (χ4v) is 1.50. The van der Waals surface area contributed by atoms with Gasteiger partial charge in [-0.3, -0.25) is 4.79 Å². The van der Waals surface area contributed by atoms with E-state index in [0.717, 1.165) is 11.3 Å². The number of carbonyl (C=O) groups excluding carboxylic acids is 2. The molecule has 0 aromatic rings. The van der Waals surface area contributed by atoms with Gasteiger partial charge in [0.25, 0.3) is 0 Å². The van der Waals surface area contributed by atoms with Crippen molar-refractivity contribution in [1.29, 1.82) is 0 Å². The van der Waals surface area contributed by atoms with Crippen LogP contribution in [-0.2, 0) is 9.59 Å². The highest BCUT2D eigenvalue weighted by atomic mass is 16.4. The maximum Gasteiger partial charge on any atom is 0.326 e. The van der Waals surface area contributed by atoms with Crippen LogP contribution >= 0.6 is 0 Å². The Balaban J connectivity index is 2.53. The zero-order chi connectivity index (χ0) is 13.0. The molecule has 96 valence electrons. The number of piperidine rings is 1. The number of rotatable bonds is 3. The van der Waals surface area contributed by atoms with Gasteiger partial charge in [-0.2, -0.15) is 0 Å². The number of carbonyl (C=O) groups is 3. The Morgan fingerprint density at radius 2 is 2.24 bits per heavy atom. The smallest absolute Gasteiger partial charge is 0.326 e. The molecule has 1 aliphatic rings. The quantitative estimate of drug-likeness (QED) is 0.615. The van der Waals surface area contributed by atoms with Gasteiger partial charge in [-0.1, -0.05) is 0 Å². The van der Waals surface area contributed by atoms with Crippen LogP contribution in [0.15, 0.2) is 0 Å². The Hall–Kier alpha value is -1.79. The van der Waals surface area contributed by atoms with Crippen molar-refractivity contribution in [3.05, 3.63) is 0 Å². The van der Waals surface area contributed by atoms with Gasteiger partial charge in [0.1, 0.15) is 12.1 Å². The third-order valence-electron chi connectivity index (χ3n) is 2.84. The first kappa shape index (κ1) is 13.3. The Labute approximate surface area is 99.2 Å². The zero-order valence-electron chi connectivity index (χ0n) is 9.90. The van der Waals surface area contributed by atoms with E-state index in [-0.39, 0.29) is 5.91 Å². The minimum atomic E-state index is -1.09. The number of likely N-dealkylation sites (N-methyl/N-ethyl adjacent to an activating group) is 1. The number of nitrogens with zero attached hydrogens (tertiary/aromatic N) is 1. The minimum Gasteiger partial charge on any atom is -0.480 e. The molecule has 1 rings (SSSR count). The van der Waals surface area contributed by atoms with Crippen LogP contribution in [0.5, 0.6) is 0 Å². The fourth-order valence-electron chi connectivity index (χ4n) is 1.50. The summed E-state index contributed by atoms with van der Waals surface area (Å²) in [6.45, 7) is 2.02. The molecule has 0 aromatic carbocycles. The van der Waals surface area contributed by atoms with Crippen LogP contribution in [0.1, 0.15) is 19.8 Å². The first-order valence-corrected chi connectivity index (χ1v) is 5.47. The van der Waals surface area contributed by atoms with Gasteiger partial charge in [0.2, 0.25) is 5.91 Å². The summed E-state index contributed by atoms with van der Waals surface area (Å²) in [6, 6.07) is -2.05. The second-order valence-electron chi connectivity index (χ2n) is 4.06. The molecule has 1 aliphatic heterocycles. The predicted octanol–water partition coefficient (Wildman–Crippen LogP) is -0.620. The largest absolute Gasteiger partial charge is 0.480 e. The fraction of sp³-hybridized carbons (Fsp3) is 0.700. The topological polar surface area (TPSA) is 98.7 Å². The molecular weight excluding hydrogens is 226 g/mol. The van der Waals surface area contributed by atoms with Gasteiger partial charge < -0.3 is 20.6 Å². The highest BCUT2D eigenvalue weighted by Crippen LogP contribution is 2.04. The zero-order valence-corrected chi connectivity index (χ0v) is 9.90. The Kier molecular flexibility index (Phi) is 4.30. The van der Waals surface area contributed by atoms with E-state index in [2.05, 4.69) is 10.6 Å². The monoisotopic (exact) mass is 243 g/mol. The van der Waals surface area contributed by atoms with Gasteiger partial charge in [0.15, 0.2) is 0 Å². The van der Waals surface area contributed by atoms with Crippen LogP contribution in [0.25, 0.3) is 0 Å². The SMILES string of the molecule is CC(C(=O)O)N(C)C(=O)NC1CCCNC1=O. The molecule has 2 atom stereocenters. The van der Waals surface area contributed by atoms with Crippen molar-refractivity contribution in [2.24, 2.45) is 0 Å². The molecule has 1 heterocycles. The van der Waals surface area contributed by atoms with Gasteiger partial charge in [0, 0.05) is 13.6 Å². The Morgan fingerprint density at radius 1 is 1.59 bits per heavy atom. The lowest BCUT2D eigenvalue weighted by atomic mass is 10.1. The van der Waals surface area contributed by atoms with E-state index in [1.165, 1.54) is 14.0 Å². The molecule has 3 N–H and O–H groups in total. The second-order valence-corrected chi connectivity index (χ2v) is 4.06. The number of nitrogens with one attached hydrogen (secondary N) is 2. The van der Waals surface area contributed by atoms with E-state index in [4.69, 9.17) is 5.11 Å². The standard InChI is InChI=1S/C10H17N3O4/c1-6(9(15)16)13(2)10(17)12-7-4-3-5-11-8(7)14/h6-7H,3-5H2,1-2H3,(H,11,14)(H,12,17)(H,15,16). The average molecular weight is 243 g/mol. The predicted molar refractivity (Wildman–Crippen MR) is 59.4 cm³/mol. The minimum absolute atomic E-state index is 0.221. The normalized spacial score (nSPS) is 21.3. The van der Waals surface area contributed by atoms with E-state index in [1.807, 2.05) is 0 Å². The third-order valence-corrected chi connectivity index (χ3v) is 2.84. The van der Waals surface area contributed by atoms with Gasteiger partial charge in [-0.25, -0.2) is 9.59 Å². The van der Waals surface area contributed by atoms with Crippen molar-refractivity contribution < 1.29 is 19.5 Å². The molecule has 0 bridgehead atoms. The van der Waals surface area contributed by atoms with E-state index < -0.39 is 24.1 Å². The molecule has 2 unspecified atom stereocenters. The van der Waals surface area contributed by atoms with Crippen LogP contribution in [0.4, 0.5) is 4.79 Å². The molecule has 0 aromatic heterocycles. The molecule has 0 radical (unpaired) electrons. The number of hydrogen-bond donors (Lipinski definition) is 3. The lowest BCUT2D eigenvalue weighted by Crippen LogP contribution is -2.55. The van der Waals surface area contributed by atoms with E-state index in [0.29, 0.717) is 13.0 Å². The van der Waals surface area contributed by atoms with Gasteiger partial charge in [0.05, 0.1) is 0 Å². The van der Waals surface area contributed by atoms with Crippen molar-refractivity contribution in [2.75, 3.05) is 13.6 Å². The first-order chi connectivity index (χ1) is 7.93. The highest BCUT2D eigenvalue weighted by molar-refractivity contribution is 5.88. The van der Waals surface area contributed by atoms with Crippen molar-refractivity contribution in [3.8, 4) is 0 Å². The van der Waals surface area contributed by atoms with E-state index in [9.17, 15) is 14.4 Å². The summed E-state index contributed by atoms with van der Waals surface area (Å²) in [6.07, 6.45) is 1.38. The van der Waals surface area contributed by atoms with Crippen molar-refractivity contribution >= 4 is 17.9 Å². The summed E-state index contributed by atoms with van der Waals surface area (Å²) < 4.78 is 0. The maximum absolute atomic E-state index is 11.7. The third kappa shape index (κ3) is 3.33. The molecule has 0 saturated carbocycles. The molecule has 0 spiro atoms. The number of urea groups is 1. The van der Waals surface area contributed by atoms with Crippen molar-refractivity contribution in [2.45, 2.75) is 31.8 Å². The highest BCUT2D eigenvalue weighted by Gasteiger charge is 2.27. The first-order valence-electron chi connectivity index (χ1n) is 5.47.